The number of benzene rings is 4. The van der Waals surface area contributed by atoms with Crippen LogP contribution in [0.2, 0.25) is 5.02 Å². The van der Waals surface area contributed by atoms with Crippen molar-refractivity contribution in [1.82, 2.24) is 10.3 Å². The zero-order valence-electron chi connectivity index (χ0n) is 21.7. The van der Waals surface area contributed by atoms with Gasteiger partial charge in [-0.05, 0) is 77.5 Å². The van der Waals surface area contributed by atoms with E-state index < -0.39 is 6.23 Å². The van der Waals surface area contributed by atoms with E-state index in [1.165, 1.54) is 0 Å². The third-order valence-electron chi connectivity index (χ3n) is 6.55. The number of aromatic hydroxyl groups is 1. The molecular weight excluding hydrogens is 526 g/mol. The van der Waals surface area contributed by atoms with Gasteiger partial charge in [0.25, 0.3) is 5.91 Å². The number of aliphatic hydroxyl groups is 1. The van der Waals surface area contributed by atoms with E-state index >= 15 is 0 Å². The Hall–Kier alpha value is -4.46. The van der Waals surface area contributed by atoms with Crippen LogP contribution < -0.4 is 15.4 Å². The van der Waals surface area contributed by atoms with Crippen molar-refractivity contribution in [2.45, 2.75) is 19.1 Å². The number of aromatic amines is 1. The summed E-state index contributed by atoms with van der Waals surface area (Å²) >= 11 is 6.06. The summed E-state index contributed by atoms with van der Waals surface area (Å²) in [5.74, 6) is 0.417. The molecule has 1 amide bonds. The van der Waals surface area contributed by atoms with Gasteiger partial charge < -0.3 is 30.6 Å². The van der Waals surface area contributed by atoms with Crippen LogP contribution in [0, 0.1) is 0 Å². The van der Waals surface area contributed by atoms with Crippen molar-refractivity contribution in [2.75, 3.05) is 18.5 Å². The molecule has 0 aliphatic carbocycles. The van der Waals surface area contributed by atoms with E-state index in [0.717, 1.165) is 22.0 Å². The van der Waals surface area contributed by atoms with Gasteiger partial charge in [0.15, 0.2) is 6.23 Å². The van der Waals surface area contributed by atoms with Crippen molar-refractivity contribution in [3.63, 3.8) is 0 Å². The first-order valence-corrected chi connectivity index (χ1v) is 13.4. The number of hydrogen-bond acceptors (Lipinski definition) is 5. The van der Waals surface area contributed by atoms with E-state index in [4.69, 9.17) is 16.3 Å². The summed E-state index contributed by atoms with van der Waals surface area (Å²) in [6, 6.07) is 29.3. The number of amides is 1. The van der Waals surface area contributed by atoms with Crippen LogP contribution in [0.5, 0.6) is 11.5 Å². The predicted molar refractivity (Wildman–Crippen MR) is 158 cm³/mol. The minimum absolute atomic E-state index is 0.205. The number of rotatable bonds is 11. The Balaban J connectivity index is 1.29. The monoisotopic (exact) mass is 555 g/mol. The number of H-pyrrole nitrogens is 1. The maximum Gasteiger partial charge on any atom is 0.251 e. The number of hydrogen-bond donors (Lipinski definition) is 5. The first-order valence-electron chi connectivity index (χ1n) is 13.0. The van der Waals surface area contributed by atoms with Gasteiger partial charge in [0, 0.05) is 29.1 Å². The second kappa shape index (κ2) is 12.6. The lowest BCUT2D eigenvalue weighted by Gasteiger charge is -2.18. The number of carbonyl (C=O) groups is 1. The molecule has 0 saturated heterocycles. The van der Waals surface area contributed by atoms with E-state index in [-0.39, 0.29) is 11.7 Å². The third kappa shape index (κ3) is 6.94. The van der Waals surface area contributed by atoms with Gasteiger partial charge in [-0.3, -0.25) is 4.79 Å². The van der Waals surface area contributed by atoms with Crippen molar-refractivity contribution in [1.29, 1.82) is 0 Å². The fourth-order valence-corrected chi connectivity index (χ4v) is 4.64. The van der Waals surface area contributed by atoms with Crippen LogP contribution >= 0.6 is 11.6 Å². The number of carbonyl (C=O) groups excluding carboxylic acids is 1. The second-order valence-electron chi connectivity index (χ2n) is 9.47. The van der Waals surface area contributed by atoms with Crippen molar-refractivity contribution in [2.24, 2.45) is 0 Å². The highest BCUT2D eigenvalue weighted by atomic mass is 35.5. The molecule has 4 aromatic carbocycles. The zero-order chi connectivity index (χ0) is 27.9. The number of aliphatic hydroxyl groups excluding tert-OH is 1. The van der Waals surface area contributed by atoms with Crippen LogP contribution in [0.4, 0.5) is 5.69 Å². The molecule has 0 aliphatic rings. The van der Waals surface area contributed by atoms with Gasteiger partial charge in [0.1, 0.15) is 11.5 Å². The molecule has 0 spiro atoms. The number of anilines is 1. The minimum Gasteiger partial charge on any atom is -0.508 e. The molecule has 0 fully saturated rings. The van der Waals surface area contributed by atoms with Gasteiger partial charge in [-0.25, -0.2) is 0 Å². The fraction of sp³-hybridized carbons (Fsp3) is 0.156. The van der Waals surface area contributed by atoms with Crippen molar-refractivity contribution in [3.05, 3.63) is 124 Å². The van der Waals surface area contributed by atoms with Crippen LogP contribution in [-0.4, -0.2) is 34.3 Å². The van der Waals surface area contributed by atoms with Gasteiger partial charge in [0.2, 0.25) is 0 Å². The Bertz CT molecular complexity index is 1570. The van der Waals surface area contributed by atoms with Gasteiger partial charge in [-0.2, -0.15) is 0 Å². The maximum absolute atomic E-state index is 12.9. The quantitative estimate of drug-likeness (QED) is 0.124. The lowest BCUT2D eigenvalue weighted by atomic mass is 10.1. The highest BCUT2D eigenvalue weighted by Crippen LogP contribution is 2.30. The Labute approximate surface area is 237 Å². The third-order valence-corrected chi connectivity index (χ3v) is 6.79. The first-order chi connectivity index (χ1) is 19.4. The Morgan fingerprint density at radius 3 is 2.52 bits per heavy atom. The van der Waals surface area contributed by atoms with Crippen LogP contribution in [0.3, 0.4) is 0 Å². The Morgan fingerprint density at radius 1 is 0.900 bits per heavy atom. The smallest absolute Gasteiger partial charge is 0.251 e. The van der Waals surface area contributed by atoms with Crippen LogP contribution in [0.15, 0.2) is 97.1 Å². The van der Waals surface area contributed by atoms with Gasteiger partial charge in [0.05, 0.1) is 18.0 Å². The number of fused-ring (bicyclic) bond motifs is 1. The summed E-state index contributed by atoms with van der Waals surface area (Å²) in [5.41, 5.74) is 4.56. The normalized spacial score (nSPS) is 11.8. The fourth-order valence-electron chi connectivity index (χ4n) is 4.43. The van der Waals surface area contributed by atoms with Gasteiger partial charge in [-0.15, -0.1) is 0 Å². The molecular formula is C32H30ClN3O4. The molecule has 0 radical (unpaired) electrons. The largest absolute Gasteiger partial charge is 0.508 e. The summed E-state index contributed by atoms with van der Waals surface area (Å²) in [4.78, 5) is 16.2. The van der Waals surface area contributed by atoms with E-state index in [1.54, 1.807) is 30.3 Å². The Kier molecular flexibility index (Phi) is 8.54. The summed E-state index contributed by atoms with van der Waals surface area (Å²) in [7, 11) is 0. The molecule has 0 aliphatic heterocycles. The molecule has 5 N–H and O–H groups in total. The molecule has 8 heteroatoms. The average molecular weight is 556 g/mol. The van der Waals surface area contributed by atoms with E-state index in [9.17, 15) is 15.0 Å². The number of phenolic OH excluding ortho intramolecular Hbond substituents is 1. The van der Waals surface area contributed by atoms with Crippen molar-refractivity contribution >= 4 is 34.1 Å². The number of nitrogens with one attached hydrogen (secondary N) is 3. The lowest BCUT2D eigenvalue weighted by Crippen LogP contribution is -2.25. The first kappa shape index (κ1) is 27.1. The number of para-hydroxylation sites is 1. The predicted octanol–water partition coefficient (Wildman–Crippen LogP) is 6.22. The summed E-state index contributed by atoms with van der Waals surface area (Å²) < 4.78 is 6.10. The minimum atomic E-state index is -1.02. The second-order valence-corrected chi connectivity index (χ2v) is 9.91. The van der Waals surface area contributed by atoms with Gasteiger partial charge in [-0.1, -0.05) is 54.1 Å². The number of phenols is 1. The molecule has 1 aromatic heterocycles. The van der Waals surface area contributed by atoms with Crippen LogP contribution in [0.25, 0.3) is 10.9 Å². The number of aromatic nitrogens is 1. The maximum atomic E-state index is 12.9. The molecule has 7 nitrogen and oxygen atoms in total. The summed E-state index contributed by atoms with van der Waals surface area (Å²) in [5, 5.41) is 28.2. The topological polar surface area (TPSA) is 107 Å². The van der Waals surface area contributed by atoms with E-state index in [1.807, 2.05) is 66.7 Å². The zero-order valence-corrected chi connectivity index (χ0v) is 22.5. The van der Waals surface area contributed by atoms with Crippen molar-refractivity contribution < 1.29 is 19.7 Å². The summed E-state index contributed by atoms with van der Waals surface area (Å²) in [6.45, 7) is 0.789. The molecule has 204 valence electrons. The lowest BCUT2D eigenvalue weighted by molar-refractivity contribution is 0.0953. The highest BCUT2D eigenvalue weighted by molar-refractivity contribution is 6.30. The molecule has 5 rings (SSSR count). The molecule has 0 saturated carbocycles. The molecule has 0 bridgehead atoms. The molecule has 1 atom stereocenters. The highest BCUT2D eigenvalue weighted by Gasteiger charge is 2.16. The van der Waals surface area contributed by atoms with E-state index in [2.05, 4.69) is 15.6 Å². The van der Waals surface area contributed by atoms with E-state index in [0.29, 0.717) is 53.7 Å². The summed E-state index contributed by atoms with van der Waals surface area (Å²) in [6.07, 6.45) is 0.225. The molecule has 40 heavy (non-hydrogen) atoms. The average Bonchev–Trinajstić information content (AvgIpc) is 3.40. The van der Waals surface area contributed by atoms with Crippen LogP contribution in [-0.2, 0) is 12.8 Å². The number of ether oxygens (including phenoxy) is 1. The standard InChI is InChI=1S/C32H30ClN3O4/c33-25-6-3-4-22(18-25)14-16-34-31(38)24-10-13-28(30(20-24)40-17-15-21-8-11-26(37)12-9-21)36-32(39)29-19-23-5-1-2-7-27(23)35-29/h1-13,18-20,32,35-37,39H,14-17H2,(H,34,38). The molecule has 5 aromatic rings. The van der Waals surface area contributed by atoms with Crippen molar-refractivity contribution in [3.8, 4) is 11.5 Å². The molecule has 1 unspecified atom stereocenters. The van der Waals surface area contributed by atoms with Crippen LogP contribution in [0.1, 0.15) is 33.4 Å². The Morgan fingerprint density at radius 2 is 1.73 bits per heavy atom. The van der Waals surface area contributed by atoms with Gasteiger partial charge >= 0.3 is 0 Å². The number of halogens is 1. The molecule has 1 heterocycles. The SMILES string of the molecule is O=C(NCCc1cccc(Cl)c1)c1ccc(NC(O)c2cc3ccccc3[nH]2)c(OCCc2ccc(O)cc2)c1.